The molecule has 1 aliphatic carbocycles. The van der Waals surface area contributed by atoms with Crippen LogP contribution in [0.25, 0.3) is 0 Å². The summed E-state index contributed by atoms with van der Waals surface area (Å²) < 4.78 is 10.6. The van der Waals surface area contributed by atoms with E-state index in [1.54, 1.807) is 13.0 Å². The molecule has 3 rings (SSSR count). The molecule has 0 unspecified atom stereocenters. The minimum Gasteiger partial charge on any atom is -0.462 e. The van der Waals surface area contributed by atoms with E-state index < -0.39 is 5.97 Å². The lowest BCUT2D eigenvalue weighted by molar-refractivity contribution is 0.00773. The number of aryl methyl sites for hydroxylation is 1. The number of hydrogen-bond donors (Lipinski definition) is 1. The van der Waals surface area contributed by atoms with Gasteiger partial charge in [-0.1, -0.05) is 0 Å². The molecule has 1 atom stereocenters. The minimum absolute atomic E-state index is 0.149. The average molecular weight is 338 g/mol. The third-order valence-electron chi connectivity index (χ3n) is 4.16. The van der Waals surface area contributed by atoms with E-state index in [2.05, 4.69) is 5.32 Å². The number of ether oxygens (including phenoxy) is 2. The average Bonchev–Trinajstić information content (AvgIpc) is 3.31. The molecule has 0 radical (unpaired) electrons. The van der Waals surface area contributed by atoms with Crippen LogP contribution in [0, 0.1) is 12.8 Å². The molecule has 2 amide bonds. The predicted molar refractivity (Wildman–Crippen MR) is 88.1 cm³/mol. The molecule has 0 spiro atoms. The summed E-state index contributed by atoms with van der Waals surface area (Å²) in [5.41, 5.74) is 0.430. The Balaban J connectivity index is 1.73. The first-order valence-corrected chi connectivity index (χ1v) is 8.84. The molecule has 2 fully saturated rings. The molecule has 0 aromatic carbocycles. The fraction of sp³-hybridized carbons (Fsp3) is 0.625. The monoisotopic (exact) mass is 338 g/mol. The molecule has 0 bridgehead atoms. The highest BCUT2D eigenvalue weighted by Gasteiger charge is 2.39. The lowest BCUT2D eigenvalue weighted by Crippen LogP contribution is -2.51. The molecule has 126 valence electrons. The highest BCUT2D eigenvalue weighted by molar-refractivity contribution is 7.16. The van der Waals surface area contributed by atoms with Crippen molar-refractivity contribution in [3.8, 4) is 0 Å². The number of carbonyl (C=O) groups excluding carboxylic acids is 2. The first-order chi connectivity index (χ1) is 11.1. The standard InChI is InChI=1S/C16H22N2O4S/c1-3-22-15(19)12-8-10(2)23-14(12)17-16(20)18-6-7-21-9-13(18)11-4-5-11/h8,11,13H,3-7,9H2,1-2H3,(H,17,20)/t13-/m0/s1. The fourth-order valence-electron chi connectivity index (χ4n) is 2.88. The second kappa shape index (κ2) is 6.88. The summed E-state index contributed by atoms with van der Waals surface area (Å²) in [5, 5.41) is 3.46. The van der Waals surface area contributed by atoms with Crippen molar-refractivity contribution >= 4 is 28.3 Å². The highest BCUT2D eigenvalue weighted by Crippen LogP contribution is 2.37. The van der Waals surface area contributed by atoms with E-state index in [4.69, 9.17) is 9.47 Å². The molecule has 23 heavy (non-hydrogen) atoms. The van der Waals surface area contributed by atoms with Crippen molar-refractivity contribution in [2.45, 2.75) is 32.7 Å². The Morgan fingerprint density at radius 2 is 2.26 bits per heavy atom. The molecule has 1 aromatic rings. The van der Waals surface area contributed by atoms with E-state index >= 15 is 0 Å². The van der Waals surface area contributed by atoms with Gasteiger partial charge in [-0.25, -0.2) is 9.59 Å². The Bertz CT molecular complexity index is 597. The summed E-state index contributed by atoms with van der Waals surface area (Å²) in [5.74, 6) is 0.156. The molecular formula is C16H22N2O4S. The molecule has 2 heterocycles. The number of anilines is 1. The van der Waals surface area contributed by atoms with Gasteiger partial charge in [-0.15, -0.1) is 11.3 Å². The van der Waals surface area contributed by atoms with E-state index in [9.17, 15) is 9.59 Å². The first-order valence-electron chi connectivity index (χ1n) is 8.03. The SMILES string of the molecule is CCOC(=O)c1cc(C)sc1NC(=O)N1CCOC[C@H]1C1CC1. The van der Waals surface area contributed by atoms with E-state index in [0.29, 0.717) is 42.8 Å². The topological polar surface area (TPSA) is 67.9 Å². The largest absolute Gasteiger partial charge is 0.462 e. The second-order valence-corrected chi connectivity index (χ2v) is 7.18. The van der Waals surface area contributed by atoms with Crippen molar-refractivity contribution in [3.63, 3.8) is 0 Å². The van der Waals surface area contributed by atoms with Gasteiger partial charge in [0.15, 0.2) is 0 Å². The Hall–Kier alpha value is -1.60. The minimum atomic E-state index is -0.395. The summed E-state index contributed by atoms with van der Waals surface area (Å²) in [7, 11) is 0. The van der Waals surface area contributed by atoms with Crippen LogP contribution in [-0.2, 0) is 9.47 Å². The third kappa shape index (κ3) is 3.67. The number of nitrogens with zero attached hydrogens (tertiary/aromatic N) is 1. The fourth-order valence-corrected chi connectivity index (χ4v) is 3.77. The number of hydrogen-bond acceptors (Lipinski definition) is 5. The maximum absolute atomic E-state index is 12.7. The number of rotatable bonds is 4. The summed E-state index contributed by atoms with van der Waals surface area (Å²) in [6.45, 7) is 5.74. The van der Waals surface area contributed by atoms with E-state index in [-0.39, 0.29) is 12.1 Å². The second-order valence-electron chi connectivity index (χ2n) is 5.92. The Morgan fingerprint density at radius 3 is 2.96 bits per heavy atom. The Morgan fingerprint density at radius 1 is 1.48 bits per heavy atom. The molecule has 6 nitrogen and oxygen atoms in total. The zero-order valence-electron chi connectivity index (χ0n) is 13.5. The summed E-state index contributed by atoms with van der Waals surface area (Å²) >= 11 is 1.40. The van der Waals surface area contributed by atoms with Crippen LogP contribution < -0.4 is 5.32 Å². The van der Waals surface area contributed by atoms with E-state index in [1.165, 1.54) is 11.3 Å². The molecule has 1 saturated heterocycles. The Labute approximate surface area is 139 Å². The molecule has 1 N–H and O–H groups in total. The highest BCUT2D eigenvalue weighted by atomic mass is 32.1. The third-order valence-corrected chi connectivity index (χ3v) is 5.13. The van der Waals surface area contributed by atoms with Crippen molar-refractivity contribution in [3.05, 3.63) is 16.5 Å². The zero-order chi connectivity index (χ0) is 16.4. The first kappa shape index (κ1) is 16.3. The summed E-state index contributed by atoms with van der Waals surface area (Å²) in [4.78, 5) is 27.5. The number of urea groups is 1. The Kier molecular flexibility index (Phi) is 4.87. The van der Waals surface area contributed by atoms with Crippen LogP contribution >= 0.6 is 11.3 Å². The summed E-state index contributed by atoms with van der Waals surface area (Å²) in [6, 6.07) is 1.75. The van der Waals surface area contributed by atoms with Crippen LogP contribution in [0.3, 0.4) is 0 Å². The van der Waals surface area contributed by atoms with Crippen LogP contribution in [0.15, 0.2) is 6.07 Å². The molecular weight excluding hydrogens is 316 g/mol. The van der Waals surface area contributed by atoms with Crippen molar-refractivity contribution < 1.29 is 19.1 Å². The van der Waals surface area contributed by atoms with Gasteiger partial charge in [-0.2, -0.15) is 0 Å². The summed E-state index contributed by atoms with van der Waals surface area (Å²) in [6.07, 6.45) is 2.31. The maximum atomic E-state index is 12.7. The van der Waals surface area contributed by atoms with Gasteiger partial charge in [0, 0.05) is 11.4 Å². The van der Waals surface area contributed by atoms with Crippen LogP contribution in [0.1, 0.15) is 35.0 Å². The molecule has 1 saturated carbocycles. The van der Waals surface area contributed by atoms with Crippen LogP contribution in [-0.4, -0.2) is 49.3 Å². The number of carbonyl (C=O) groups is 2. The van der Waals surface area contributed by atoms with Gasteiger partial charge in [-0.3, -0.25) is 5.32 Å². The van der Waals surface area contributed by atoms with Gasteiger partial charge in [0.1, 0.15) is 5.00 Å². The van der Waals surface area contributed by atoms with E-state index in [1.807, 2.05) is 11.8 Å². The zero-order valence-corrected chi connectivity index (χ0v) is 14.3. The van der Waals surface area contributed by atoms with Crippen LogP contribution in [0.5, 0.6) is 0 Å². The van der Waals surface area contributed by atoms with Gasteiger partial charge in [0.25, 0.3) is 0 Å². The lowest BCUT2D eigenvalue weighted by atomic mass is 10.1. The van der Waals surface area contributed by atoms with Crippen molar-refractivity contribution in [2.75, 3.05) is 31.7 Å². The van der Waals surface area contributed by atoms with Gasteiger partial charge < -0.3 is 14.4 Å². The van der Waals surface area contributed by atoms with Crippen molar-refractivity contribution in [1.82, 2.24) is 4.90 Å². The van der Waals surface area contributed by atoms with Gasteiger partial charge >= 0.3 is 12.0 Å². The quantitative estimate of drug-likeness (QED) is 0.857. The van der Waals surface area contributed by atoms with E-state index in [0.717, 1.165) is 17.7 Å². The maximum Gasteiger partial charge on any atom is 0.341 e. The number of amides is 2. The molecule has 7 heteroatoms. The molecule has 1 aliphatic heterocycles. The van der Waals surface area contributed by atoms with Crippen LogP contribution in [0.4, 0.5) is 9.80 Å². The van der Waals surface area contributed by atoms with Gasteiger partial charge in [0.2, 0.25) is 0 Å². The number of esters is 1. The van der Waals surface area contributed by atoms with Crippen LogP contribution in [0.2, 0.25) is 0 Å². The van der Waals surface area contributed by atoms with Gasteiger partial charge in [-0.05, 0) is 38.7 Å². The van der Waals surface area contributed by atoms with Crippen molar-refractivity contribution in [2.24, 2.45) is 5.92 Å². The predicted octanol–water partition coefficient (Wildman–Crippen LogP) is 2.88. The number of morpholine rings is 1. The smallest absolute Gasteiger partial charge is 0.341 e. The van der Waals surface area contributed by atoms with Crippen molar-refractivity contribution in [1.29, 1.82) is 0 Å². The number of thiophene rings is 1. The lowest BCUT2D eigenvalue weighted by Gasteiger charge is -2.35. The normalized spacial score (nSPS) is 21.1. The molecule has 1 aromatic heterocycles. The molecule has 2 aliphatic rings. The number of nitrogens with one attached hydrogen (secondary N) is 1. The van der Waals surface area contributed by atoms with Gasteiger partial charge in [0.05, 0.1) is 31.4 Å².